The summed E-state index contributed by atoms with van der Waals surface area (Å²) in [5.41, 5.74) is 3.63. The van der Waals surface area contributed by atoms with E-state index in [2.05, 4.69) is 25.6 Å². The van der Waals surface area contributed by atoms with E-state index in [1.54, 1.807) is 16.8 Å². The first-order chi connectivity index (χ1) is 13.7. The van der Waals surface area contributed by atoms with Gasteiger partial charge in [0.05, 0.1) is 11.4 Å². The van der Waals surface area contributed by atoms with Crippen molar-refractivity contribution in [3.05, 3.63) is 47.0 Å². The highest BCUT2D eigenvalue weighted by Crippen LogP contribution is 2.25. The molecule has 0 bridgehead atoms. The number of ether oxygens (including phenoxy) is 1. The van der Waals surface area contributed by atoms with Gasteiger partial charge in [-0.2, -0.15) is 23.4 Å². The van der Waals surface area contributed by atoms with Crippen molar-refractivity contribution in [3.8, 4) is 17.1 Å². The van der Waals surface area contributed by atoms with E-state index in [-0.39, 0.29) is 18.1 Å². The van der Waals surface area contributed by atoms with Crippen molar-refractivity contribution in [1.82, 2.24) is 30.3 Å². The van der Waals surface area contributed by atoms with Crippen LogP contribution in [0, 0.1) is 13.8 Å². The Morgan fingerprint density at radius 3 is 2.76 bits per heavy atom. The fourth-order valence-corrected chi connectivity index (χ4v) is 2.82. The average Bonchev–Trinajstić information content (AvgIpc) is 3.22. The van der Waals surface area contributed by atoms with Crippen molar-refractivity contribution < 1.29 is 22.7 Å². The van der Waals surface area contributed by atoms with E-state index in [1.807, 2.05) is 20.9 Å². The number of aromatic nitrogens is 5. The lowest BCUT2D eigenvalue weighted by molar-refractivity contribution is -0.154. The molecule has 0 saturated heterocycles. The van der Waals surface area contributed by atoms with Gasteiger partial charge in [0.15, 0.2) is 6.61 Å². The van der Waals surface area contributed by atoms with Crippen LogP contribution in [0.5, 0.6) is 5.88 Å². The molecule has 0 aromatic carbocycles. The van der Waals surface area contributed by atoms with Gasteiger partial charge in [-0.25, -0.2) is 4.98 Å². The maximum absolute atomic E-state index is 12.4. The third kappa shape index (κ3) is 4.73. The van der Waals surface area contributed by atoms with Crippen LogP contribution in [-0.2, 0) is 13.6 Å². The quantitative estimate of drug-likeness (QED) is 0.654. The minimum atomic E-state index is -4.48. The van der Waals surface area contributed by atoms with Crippen LogP contribution >= 0.6 is 0 Å². The summed E-state index contributed by atoms with van der Waals surface area (Å²) in [5.74, 6) is -0.648. The molecule has 0 aliphatic carbocycles. The van der Waals surface area contributed by atoms with Gasteiger partial charge in [0, 0.05) is 36.6 Å². The first-order valence-electron chi connectivity index (χ1n) is 8.63. The average molecular weight is 408 g/mol. The van der Waals surface area contributed by atoms with E-state index >= 15 is 0 Å². The monoisotopic (exact) mass is 408 g/mol. The lowest BCUT2D eigenvalue weighted by Crippen LogP contribution is -2.24. The molecule has 0 saturated carbocycles. The zero-order valence-electron chi connectivity index (χ0n) is 16.0. The van der Waals surface area contributed by atoms with Crippen molar-refractivity contribution in [2.45, 2.75) is 26.6 Å². The molecule has 11 heteroatoms. The van der Waals surface area contributed by atoms with E-state index in [4.69, 9.17) is 4.74 Å². The number of amides is 1. The summed E-state index contributed by atoms with van der Waals surface area (Å²) in [6.07, 6.45) is -3.16. The van der Waals surface area contributed by atoms with Crippen molar-refractivity contribution in [2.24, 2.45) is 7.05 Å². The summed E-state index contributed by atoms with van der Waals surface area (Å²) in [7, 11) is 1.82. The lowest BCUT2D eigenvalue weighted by Gasteiger charge is -2.12. The molecule has 8 nitrogen and oxygen atoms in total. The fraction of sp³-hybridized carbons (Fsp3) is 0.333. The van der Waals surface area contributed by atoms with Crippen LogP contribution in [0.3, 0.4) is 0 Å². The number of pyridine rings is 1. The van der Waals surface area contributed by atoms with Gasteiger partial charge in [-0.1, -0.05) is 6.07 Å². The second-order valence-corrected chi connectivity index (χ2v) is 6.39. The predicted molar refractivity (Wildman–Crippen MR) is 97.2 cm³/mol. The number of halogens is 3. The van der Waals surface area contributed by atoms with Crippen LogP contribution in [0.1, 0.15) is 27.4 Å². The van der Waals surface area contributed by atoms with E-state index in [0.717, 1.165) is 17.0 Å². The number of carbonyl (C=O) groups is 1. The second-order valence-electron chi connectivity index (χ2n) is 6.39. The largest absolute Gasteiger partial charge is 0.468 e. The van der Waals surface area contributed by atoms with Gasteiger partial charge in [0.2, 0.25) is 5.88 Å². The van der Waals surface area contributed by atoms with Crippen molar-refractivity contribution in [1.29, 1.82) is 0 Å². The number of nitrogens with one attached hydrogen (secondary N) is 2. The third-order valence-corrected chi connectivity index (χ3v) is 4.25. The number of nitrogens with zero attached hydrogens (tertiary/aromatic N) is 4. The molecule has 3 heterocycles. The number of hydrogen-bond donors (Lipinski definition) is 2. The van der Waals surface area contributed by atoms with Gasteiger partial charge in [0.1, 0.15) is 5.69 Å². The Balaban J connectivity index is 1.69. The zero-order valence-corrected chi connectivity index (χ0v) is 16.0. The first-order valence-corrected chi connectivity index (χ1v) is 8.63. The summed E-state index contributed by atoms with van der Waals surface area (Å²) in [5, 5.41) is 13.8. The molecule has 3 aromatic heterocycles. The number of carbonyl (C=O) groups excluding carboxylic acids is 1. The Morgan fingerprint density at radius 1 is 1.34 bits per heavy atom. The zero-order chi connectivity index (χ0) is 21.2. The van der Waals surface area contributed by atoms with Crippen molar-refractivity contribution in [3.63, 3.8) is 0 Å². The summed E-state index contributed by atoms with van der Waals surface area (Å²) < 4.78 is 43.5. The van der Waals surface area contributed by atoms with Crippen LogP contribution in [-0.4, -0.2) is 43.7 Å². The maximum Gasteiger partial charge on any atom is 0.422 e. The summed E-state index contributed by atoms with van der Waals surface area (Å²) in [6, 6.07) is 4.67. The molecule has 0 unspecified atom stereocenters. The highest BCUT2D eigenvalue weighted by Gasteiger charge is 2.29. The van der Waals surface area contributed by atoms with Crippen LogP contribution in [0.15, 0.2) is 24.4 Å². The number of aromatic amines is 1. The topological polar surface area (TPSA) is 97.7 Å². The molecule has 2 N–H and O–H groups in total. The molecule has 3 rings (SSSR count). The molecule has 0 atom stereocenters. The highest BCUT2D eigenvalue weighted by molar-refractivity contribution is 5.93. The van der Waals surface area contributed by atoms with Gasteiger partial charge in [-0.3, -0.25) is 14.6 Å². The molecule has 0 aliphatic heterocycles. The van der Waals surface area contributed by atoms with Gasteiger partial charge in [-0.15, -0.1) is 0 Å². The molecule has 0 radical (unpaired) electrons. The fourth-order valence-electron chi connectivity index (χ4n) is 2.82. The normalized spacial score (nSPS) is 11.5. The number of aryl methyl sites for hydroxylation is 2. The van der Waals surface area contributed by atoms with Gasteiger partial charge < -0.3 is 10.1 Å². The van der Waals surface area contributed by atoms with Crippen LogP contribution in [0.25, 0.3) is 11.3 Å². The standard InChI is InChI=1S/C18H19F3N6O2/c1-10-15(11(2)27(3)26-10)13-7-14(25-24-13)16(28)23-8-12-5-4-6-22-17(12)29-9-18(19,20)21/h4-7H,8-9H2,1-3H3,(H,23,28)(H,24,25). The molecule has 1 amide bonds. The molecular formula is C18H19F3N6O2. The number of rotatable bonds is 6. The Morgan fingerprint density at radius 2 is 2.10 bits per heavy atom. The Kier molecular flexibility index (Phi) is 5.57. The molecule has 0 aliphatic rings. The Labute approximate surface area is 164 Å². The van der Waals surface area contributed by atoms with E-state index in [9.17, 15) is 18.0 Å². The second kappa shape index (κ2) is 7.94. The van der Waals surface area contributed by atoms with Gasteiger partial charge in [0.25, 0.3) is 5.91 Å². The van der Waals surface area contributed by atoms with Crippen LogP contribution in [0.4, 0.5) is 13.2 Å². The third-order valence-electron chi connectivity index (χ3n) is 4.25. The Hall–Kier alpha value is -3.37. The predicted octanol–water partition coefficient (Wildman–Crippen LogP) is 2.69. The van der Waals surface area contributed by atoms with Gasteiger partial charge >= 0.3 is 6.18 Å². The molecule has 154 valence electrons. The first kappa shape index (κ1) is 20.4. The van der Waals surface area contributed by atoms with E-state index in [1.165, 1.54) is 12.3 Å². The van der Waals surface area contributed by atoms with Crippen LogP contribution in [0.2, 0.25) is 0 Å². The number of hydrogen-bond acceptors (Lipinski definition) is 5. The van der Waals surface area contributed by atoms with E-state index < -0.39 is 18.7 Å². The maximum atomic E-state index is 12.4. The minimum Gasteiger partial charge on any atom is -0.468 e. The number of H-pyrrole nitrogens is 1. The highest BCUT2D eigenvalue weighted by atomic mass is 19.4. The van der Waals surface area contributed by atoms with Gasteiger partial charge in [-0.05, 0) is 26.0 Å². The molecular weight excluding hydrogens is 389 g/mol. The molecule has 29 heavy (non-hydrogen) atoms. The molecule has 0 spiro atoms. The summed E-state index contributed by atoms with van der Waals surface area (Å²) >= 11 is 0. The van der Waals surface area contributed by atoms with E-state index in [0.29, 0.717) is 11.3 Å². The van der Waals surface area contributed by atoms with Crippen LogP contribution < -0.4 is 10.1 Å². The van der Waals surface area contributed by atoms with Crippen molar-refractivity contribution >= 4 is 5.91 Å². The Bertz CT molecular complexity index is 1030. The minimum absolute atomic E-state index is 0.0564. The summed E-state index contributed by atoms with van der Waals surface area (Å²) in [6.45, 7) is 2.23. The SMILES string of the molecule is Cc1nn(C)c(C)c1-c1cc(C(=O)NCc2cccnc2OCC(F)(F)F)[nH]n1. The smallest absolute Gasteiger partial charge is 0.422 e. The molecule has 3 aromatic rings. The lowest BCUT2D eigenvalue weighted by atomic mass is 10.1. The van der Waals surface area contributed by atoms with Crippen molar-refractivity contribution in [2.75, 3.05) is 6.61 Å². The molecule has 0 fully saturated rings. The summed E-state index contributed by atoms with van der Waals surface area (Å²) in [4.78, 5) is 16.2. The number of alkyl halides is 3.